The standard InChI is InChI=1S/C9H16O3S/c1-7(13(2,11)12)9(10)8-5-3-4-6-8/h7-8H,3-6H2,1-2H3. The Balaban J connectivity index is 2.67. The van der Waals surface area contributed by atoms with E-state index in [2.05, 4.69) is 0 Å². The first kappa shape index (κ1) is 10.7. The van der Waals surface area contributed by atoms with Gasteiger partial charge in [0, 0.05) is 12.2 Å². The Labute approximate surface area is 79.4 Å². The van der Waals surface area contributed by atoms with E-state index in [0.717, 1.165) is 31.9 Å². The highest BCUT2D eigenvalue weighted by molar-refractivity contribution is 7.92. The van der Waals surface area contributed by atoms with Crippen LogP contribution in [0.2, 0.25) is 0 Å². The maximum absolute atomic E-state index is 11.6. The molecular formula is C9H16O3S. The van der Waals surface area contributed by atoms with E-state index in [1.165, 1.54) is 6.92 Å². The van der Waals surface area contributed by atoms with Crippen molar-refractivity contribution < 1.29 is 13.2 Å². The monoisotopic (exact) mass is 204 g/mol. The number of rotatable bonds is 3. The van der Waals surface area contributed by atoms with Gasteiger partial charge in [0.25, 0.3) is 0 Å². The highest BCUT2D eigenvalue weighted by atomic mass is 32.2. The zero-order valence-electron chi connectivity index (χ0n) is 8.12. The van der Waals surface area contributed by atoms with E-state index in [4.69, 9.17) is 0 Å². The minimum atomic E-state index is -3.19. The first-order valence-corrected chi connectivity index (χ1v) is 6.61. The van der Waals surface area contributed by atoms with Crippen molar-refractivity contribution in [1.82, 2.24) is 0 Å². The van der Waals surface area contributed by atoms with Gasteiger partial charge in [-0.25, -0.2) is 8.42 Å². The van der Waals surface area contributed by atoms with Crippen LogP contribution in [-0.2, 0) is 14.6 Å². The van der Waals surface area contributed by atoms with Gasteiger partial charge in [0.2, 0.25) is 0 Å². The van der Waals surface area contributed by atoms with Gasteiger partial charge in [-0.15, -0.1) is 0 Å². The molecule has 0 spiro atoms. The van der Waals surface area contributed by atoms with E-state index in [1.54, 1.807) is 0 Å². The van der Waals surface area contributed by atoms with Crippen molar-refractivity contribution in [2.75, 3.05) is 6.26 Å². The lowest BCUT2D eigenvalue weighted by Gasteiger charge is -2.12. The summed E-state index contributed by atoms with van der Waals surface area (Å²) in [7, 11) is -3.19. The molecule has 0 saturated heterocycles. The molecule has 1 saturated carbocycles. The Hall–Kier alpha value is -0.380. The summed E-state index contributed by atoms with van der Waals surface area (Å²) >= 11 is 0. The highest BCUT2D eigenvalue weighted by Crippen LogP contribution is 2.27. The molecular weight excluding hydrogens is 188 g/mol. The second-order valence-corrected chi connectivity index (χ2v) is 6.22. The fourth-order valence-corrected chi connectivity index (χ4v) is 2.37. The van der Waals surface area contributed by atoms with Crippen LogP contribution in [0.4, 0.5) is 0 Å². The zero-order chi connectivity index (χ0) is 10.1. The molecule has 1 unspecified atom stereocenters. The lowest BCUT2D eigenvalue weighted by atomic mass is 10.0. The third-order valence-electron chi connectivity index (χ3n) is 2.80. The third-order valence-corrected chi connectivity index (χ3v) is 4.32. The van der Waals surface area contributed by atoms with Crippen LogP contribution in [-0.4, -0.2) is 25.7 Å². The Bertz CT molecular complexity index is 286. The molecule has 0 bridgehead atoms. The summed E-state index contributed by atoms with van der Waals surface area (Å²) in [5, 5.41) is -0.810. The van der Waals surface area contributed by atoms with Crippen LogP contribution < -0.4 is 0 Å². The summed E-state index contributed by atoms with van der Waals surface area (Å²) in [6.07, 6.45) is 5.00. The molecule has 0 aliphatic heterocycles. The van der Waals surface area contributed by atoms with Crippen LogP contribution >= 0.6 is 0 Å². The Morgan fingerprint density at radius 3 is 2.15 bits per heavy atom. The third kappa shape index (κ3) is 2.53. The van der Waals surface area contributed by atoms with E-state index in [0.29, 0.717) is 0 Å². The molecule has 4 heteroatoms. The van der Waals surface area contributed by atoms with Crippen molar-refractivity contribution in [2.24, 2.45) is 5.92 Å². The van der Waals surface area contributed by atoms with E-state index in [9.17, 15) is 13.2 Å². The zero-order valence-corrected chi connectivity index (χ0v) is 8.93. The molecule has 1 fully saturated rings. The van der Waals surface area contributed by atoms with Crippen LogP contribution in [0.3, 0.4) is 0 Å². The summed E-state index contributed by atoms with van der Waals surface area (Å²) in [5.74, 6) is -0.0790. The summed E-state index contributed by atoms with van der Waals surface area (Å²) in [6.45, 7) is 1.50. The van der Waals surface area contributed by atoms with Gasteiger partial charge in [-0.05, 0) is 19.8 Å². The van der Waals surface area contributed by atoms with Gasteiger partial charge in [0.15, 0.2) is 15.6 Å². The summed E-state index contributed by atoms with van der Waals surface area (Å²) in [5.41, 5.74) is 0. The van der Waals surface area contributed by atoms with Crippen molar-refractivity contribution in [1.29, 1.82) is 0 Å². The largest absolute Gasteiger partial charge is 0.298 e. The number of Topliss-reactive ketones (excluding diaryl/α,β-unsaturated/α-hetero) is 1. The molecule has 0 amide bonds. The fourth-order valence-electron chi connectivity index (χ4n) is 1.75. The topological polar surface area (TPSA) is 51.2 Å². The highest BCUT2D eigenvalue weighted by Gasteiger charge is 2.31. The predicted octanol–water partition coefficient (Wildman–Crippen LogP) is 1.18. The number of ketones is 1. The number of hydrogen-bond donors (Lipinski definition) is 0. The van der Waals surface area contributed by atoms with E-state index < -0.39 is 15.1 Å². The second-order valence-electron chi connectivity index (χ2n) is 3.86. The van der Waals surface area contributed by atoms with Crippen LogP contribution in [0, 0.1) is 5.92 Å². The molecule has 1 atom stereocenters. The first-order chi connectivity index (χ1) is 5.93. The van der Waals surface area contributed by atoms with Gasteiger partial charge in [-0.3, -0.25) is 4.79 Å². The van der Waals surface area contributed by atoms with Crippen molar-refractivity contribution in [2.45, 2.75) is 37.9 Å². The molecule has 0 aromatic heterocycles. The second kappa shape index (κ2) is 3.78. The first-order valence-electron chi connectivity index (χ1n) is 4.65. The lowest BCUT2D eigenvalue weighted by molar-refractivity contribution is -0.121. The van der Waals surface area contributed by atoms with Gasteiger partial charge in [0.05, 0.1) is 0 Å². The molecule has 13 heavy (non-hydrogen) atoms. The summed E-state index contributed by atoms with van der Waals surface area (Å²) in [4.78, 5) is 11.6. The van der Waals surface area contributed by atoms with Crippen LogP contribution in [0.15, 0.2) is 0 Å². The van der Waals surface area contributed by atoms with E-state index in [-0.39, 0.29) is 11.7 Å². The van der Waals surface area contributed by atoms with E-state index >= 15 is 0 Å². The number of sulfone groups is 1. The van der Waals surface area contributed by atoms with Gasteiger partial charge >= 0.3 is 0 Å². The van der Waals surface area contributed by atoms with Crippen LogP contribution in [0.1, 0.15) is 32.6 Å². The Morgan fingerprint density at radius 1 is 1.31 bits per heavy atom. The summed E-state index contributed by atoms with van der Waals surface area (Å²) < 4.78 is 22.2. The number of hydrogen-bond acceptors (Lipinski definition) is 3. The minimum Gasteiger partial charge on any atom is -0.298 e. The molecule has 0 aromatic carbocycles. The Kier molecular flexibility index (Phi) is 3.11. The molecule has 76 valence electrons. The fraction of sp³-hybridized carbons (Fsp3) is 0.889. The van der Waals surface area contributed by atoms with E-state index in [1.807, 2.05) is 0 Å². The molecule has 0 aromatic rings. The predicted molar refractivity (Wildman–Crippen MR) is 51.3 cm³/mol. The molecule has 1 rings (SSSR count). The average molecular weight is 204 g/mol. The summed E-state index contributed by atoms with van der Waals surface area (Å²) in [6, 6.07) is 0. The molecule has 1 aliphatic carbocycles. The van der Waals surface area contributed by atoms with Crippen molar-refractivity contribution in [3.8, 4) is 0 Å². The molecule has 0 N–H and O–H groups in total. The maximum atomic E-state index is 11.6. The Morgan fingerprint density at radius 2 is 1.77 bits per heavy atom. The smallest absolute Gasteiger partial charge is 0.157 e. The van der Waals surface area contributed by atoms with Gasteiger partial charge in [-0.2, -0.15) is 0 Å². The molecule has 1 aliphatic rings. The van der Waals surface area contributed by atoms with Crippen molar-refractivity contribution in [3.05, 3.63) is 0 Å². The SMILES string of the molecule is CC(C(=O)C1CCCC1)S(C)(=O)=O. The van der Waals surface area contributed by atoms with Crippen LogP contribution in [0.5, 0.6) is 0 Å². The quantitative estimate of drug-likeness (QED) is 0.693. The van der Waals surface area contributed by atoms with Gasteiger partial charge < -0.3 is 0 Å². The van der Waals surface area contributed by atoms with Gasteiger partial charge in [-0.1, -0.05) is 12.8 Å². The normalized spacial score (nSPS) is 21.7. The lowest BCUT2D eigenvalue weighted by Crippen LogP contribution is -2.30. The minimum absolute atomic E-state index is 0.00437. The molecule has 0 radical (unpaired) electrons. The molecule has 3 nitrogen and oxygen atoms in total. The average Bonchev–Trinajstić information content (AvgIpc) is 2.51. The molecule has 0 heterocycles. The maximum Gasteiger partial charge on any atom is 0.157 e. The van der Waals surface area contributed by atoms with Crippen molar-refractivity contribution >= 4 is 15.6 Å². The number of carbonyl (C=O) groups is 1. The number of carbonyl (C=O) groups excluding carboxylic acids is 1. The van der Waals surface area contributed by atoms with Gasteiger partial charge in [0.1, 0.15) is 5.25 Å². The van der Waals surface area contributed by atoms with Crippen molar-refractivity contribution in [3.63, 3.8) is 0 Å². The van der Waals surface area contributed by atoms with Crippen LogP contribution in [0.25, 0.3) is 0 Å².